The van der Waals surface area contributed by atoms with Gasteiger partial charge in [0.05, 0.1) is 6.10 Å². The molecular weight excluding hydrogens is 428 g/mol. The molecule has 1 rings (SSSR count). The largest absolute Gasteiger partial charge is 0.455 e. The number of hydrogen-bond donors (Lipinski definition) is 2. The molecule has 1 heterocycles. The Morgan fingerprint density at radius 3 is 2.50 bits per heavy atom. The van der Waals surface area contributed by atoms with Gasteiger partial charge in [0.2, 0.25) is 0 Å². The molecule has 0 amide bonds. The third-order valence-corrected chi connectivity index (χ3v) is 5.50. The lowest BCUT2D eigenvalue weighted by Crippen LogP contribution is -2.40. The van der Waals surface area contributed by atoms with Crippen LogP contribution in [0.2, 0.25) is 0 Å². The van der Waals surface area contributed by atoms with E-state index in [9.17, 15) is 15.0 Å². The Morgan fingerprint density at radius 1 is 1.03 bits per heavy atom. The Labute approximate surface area is 205 Å². The van der Waals surface area contributed by atoms with Crippen LogP contribution in [-0.4, -0.2) is 47.7 Å². The SMILES string of the molecule is CC/C=C/[C@H]1C/C=C\C=C[C@H](OC)[C@@H](O)[C@@H](O)[C@@H](C)/C=C\C[C@@H](C)\C=C/C=C(C)\C=C/C(=O)O1. The first-order valence-electron chi connectivity index (χ1n) is 12.1. The molecule has 0 aromatic carbocycles. The summed E-state index contributed by atoms with van der Waals surface area (Å²) in [4.78, 5) is 12.3. The Bertz CT molecular complexity index is 799. The van der Waals surface area contributed by atoms with Crippen molar-refractivity contribution in [3.05, 3.63) is 84.6 Å². The predicted molar refractivity (Wildman–Crippen MR) is 139 cm³/mol. The Kier molecular flexibility index (Phi) is 14.8. The van der Waals surface area contributed by atoms with Gasteiger partial charge in [0.1, 0.15) is 18.3 Å². The van der Waals surface area contributed by atoms with Crippen LogP contribution < -0.4 is 0 Å². The number of ether oxygens (including phenoxy) is 2. The van der Waals surface area contributed by atoms with Gasteiger partial charge in [0.25, 0.3) is 0 Å². The van der Waals surface area contributed by atoms with Gasteiger partial charge >= 0.3 is 5.97 Å². The molecule has 6 atom stereocenters. The van der Waals surface area contributed by atoms with Crippen molar-refractivity contribution in [2.75, 3.05) is 7.11 Å². The number of methoxy groups -OCH3 is 1. The van der Waals surface area contributed by atoms with Crippen molar-refractivity contribution in [3.8, 4) is 0 Å². The van der Waals surface area contributed by atoms with E-state index in [0.717, 1.165) is 18.4 Å². The van der Waals surface area contributed by atoms with Gasteiger partial charge in [-0.15, -0.1) is 0 Å². The highest BCUT2D eigenvalue weighted by atomic mass is 16.5. The first kappa shape index (κ1) is 29.6. The van der Waals surface area contributed by atoms with Crippen LogP contribution in [0.25, 0.3) is 0 Å². The van der Waals surface area contributed by atoms with Crippen molar-refractivity contribution < 1.29 is 24.5 Å². The lowest BCUT2D eigenvalue weighted by atomic mass is 9.94. The first-order valence-corrected chi connectivity index (χ1v) is 12.1. The number of esters is 1. The first-order chi connectivity index (χ1) is 16.3. The zero-order chi connectivity index (χ0) is 25.3. The van der Waals surface area contributed by atoms with Gasteiger partial charge in [-0.3, -0.25) is 0 Å². The van der Waals surface area contributed by atoms with E-state index < -0.39 is 24.3 Å². The molecule has 34 heavy (non-hydrogen) atoms. The van der Waals surface area contributed by atoms with Crippen LogP contribution in [-0.2, 0) is 14.3 Å². The maximum Gasteiger partial charge on any atom is 0.331 e. The lowest BCUT2D eigenvalue weighted by molar-refractivity contribution is -0.140. The van der Waals surface area contributed by atoms with Gasteiger partial charge in [-0.05, 0) is 31.8 Å². The van der Waals surface area contributed by atoms with E-state index in [1.54, 1.807) is 18.2 Å². The van der Waals surface area contributed by atoms with Crippen molar-refractivity contribution in [2.24, 2.45) is 11.8 Å². The van der Waals surface area contributed by atoms with Crippen LogP contribution in [0.3, 0.4) is 0 Å². The summed E-state index contributed by atoms with van der Waals surface area (Å²) < 4.78 is 11.0. The van der Waals surface area contributed by atoms with Gasteiger partial charge < -0.3 is 19.7 Å². The summed E-state index contributed by atoms with van der Waals surface area (Å²) >= 11 is 0. The fourth-order valence-electron chi connectivity index (χ4n) is 3.30. The topological polar surface area (TPSA) is 76.0 Å². The molecule has 5 nitrogen and oxygen atoms in total. The molecule has 0 fully saturated rings. The molecule has 0 aromatic heterocycles. The predicted octanol–water partition coefficient (Wildman–Crippen LogP) is 5.39. The van der Waals surface area contributed by atoms with Crippen LogP contribution in [0.1, 0.15) is 47.0 Å². The average molecular weight is 471 g/mol. The number of cyclic esters (lactones) is 1. The van der Waals surface area contributed by atoms with E-state index in [1.807, 2.05) is 69.4 Å². The standard InChI is InChI=1S/C29H42O5/c1-6-7-17-25-18-9-8-10-19-26(33-5)29(32)28(31)24(4)16-12-15-22(2)13-11-14-23(3)20-21-27(30)34-25/h7-14,16-17,19-22,24-26,28-29,31-32H,6,15,18H2,1-5H3/b9-8-,13-11-,16-12-,17-7+,19-10?,21-20-,23-14-/t22-,24-,25-,26-,28-,29+/m0/s1. The third kappa shape index (κ3) is 12.1. The molecule has 0 spiro atoms. The van der Waals surface area contributed by atoms with Crippen LogP contribution >= 0.6 is 0 Å². The van der Waals surface area contributed by atoms with Crippen LogP contribution in [0.4, 0.5) is 0 Å². The highest BCUT2D eigenvalue weighted by molar-refractivity contribution is 5.82. The number of carbonyl (C=O) groups excluding carboxylic acids is 1. The summed E-state index contributed by atoms with van der Waals surface area (Å²) in [6.45, 7) is 7.94. The maximum atomic E-state index is 12.3. The number of hydrogen-bond acceptors (Lipinski definition) is 5. The molecule has 1 aliphatic rings. The second-order valence-electron chi connectivity index (χ2n) is 8.67. The molecule has 0 aliphatic carbocycles. The number of allylic oxidation sites excluding steroid dienone is 9. The summed E-state index contributed by atoms with van der Waals surface area (Å²) in [6.07, 6.45) is 23.3. The number of rotatable bonds is 3. The molecule has 5 heteroatoms. The minimum Gasteiger partial charge on any atom is -0.455 e. The second-order valence-corrected chi connectivity index (χ2v) is 8.67. The fourth-order valence-corrected chi connectivity index (χ4v) is 3.30. The monoisotopic (exact) mass is 470 g/mol. The Hall–Kier alpha value is -2.47. The van der Waals surface area contributed by atoms with Crippen molar-refractivity contribution in [1.29, 1.82) is 0 Å². The van der Waals surface area contributed by atoms with Gasteiger partial charge in [0, 0.05) is 25.5 Å². The molecule has 0 bridgehead atoms. The smallest absolute Gasteiger partial charge is 0.331 e. The van der Waals surface area contributed by atoms with Gasteiger partial charge in [-0.1, -0.05) is 93.2 Å². The Balaban J connectivity index is 3.12. The molecule has 0 radical (unpaired) electrons. The van der Waals surface area contributed by atoms with Crippen LogP contribution in [0, 0.1) is 11.8 Å². The minimum atomic E-state index is -1.06. The maximum absolute atomic E-state index is 12.3. The van der Waals surface area contributed by atoms with Crippen molar-refractivity contribution in [1.82, 2.24) is 0 Å². The minimum absolute atomic E-state index is 0.223. The van der Waals surface area contributed by atoms with Gasteiger partial charge in [0.15, 0.2) is 0 Å². The fraction of sp³-hybridized carbons (Fsp3) is 0.483. The zero-order valence-electron chi connectivity index (χ0n) is 21.2. The van der Waals surface area contributed by atoms with Gasteiger partial charge in [-0.2, -0.15) is 0 Å². The van der Waals surface area contributed by atoms with E-state index in [0.29, 0.717) is 12.3 Å². The Morgan fingerprint density at radius 2 is 1.79 bits per heavy atom. The van der Waals surface area contributed by atoms with E-state index in [4.69, 9.17) is 9.47 Å². The van der Waals surface area contributed by atoms with Crippen molar-refractivity contribution in [2.45, 2.75) is 71.4 Å². The molecule has 0 unspecified atom stereocenters. The number of aliphatic hydroxyl groups excluding tert-OH is 2. The summed E-state index contributed by atoms with van der Waals surface area (Å²) in [5, 5.41) is 21.2. The number of aliphatic hydroxyl groups is 2. The number of carbonyl (C=O) groups is 1. The van der Waals surface area contributed by atoms with Crippen molar-refractivity contribution >= 4 is 5.97 Å². The lowest BCUT2D eigenvalue weighted by Gasteiger charge is -2.26. The highest BCUT2D eigenvalue weighted by Crippen LogP contribution is 2.16. The van der Waals surface area contributed by atoms with E-state index in [-0.39, 0.29) is 12.0 Å². The van der Waals surface area contributed by atoms with E-state index in [2.05, 4.69) is 13.0 Å². The molecule has 2 N–H and O–H groups in total. The quantitative estimate of drug-likeness (QED) is 0.427. The molecule has 188 valence electrons. The summed E-state index contributed by atoms with van der Waals surface area (Å²) in [5.41, 5.74) is 0.946. The summed E-state index contributed by atoms with van der Waals surface area (Å²) in [6, 6.07) is 0. The third-order valence-electron chi connectivity index (χ3n) is 5.50. The van der Waals surface area contributed by atoms with Gasteiger partial charge in [-0.25, -0.2) is 4.79 Å². The van der Waals surface area contributed by atoms with E-state index in [1.165, 1.54) is 13.2 Å². The molecule has 0 saturated carbocycles. The van der Waals surface area contributed by atoms with Crippen LogP contribution in [0.15, 0.2) is 84.6 Å². The summed E-state index contributed by atoms with van der Waals surface area (Å²) in [5.74, 6) is -0.314. The van der Waals surface area contributed by atoms with Crippen LogP contribution in [0.5, 0.6) is 0 Å². The summed E-state index contributed by atoms with van der Waals surface area (Å²) in [7, 11) is 1.50. The molecule has 1 aliphatic heterocycles. The van der Waals surface area contributed by atoms with Crippen molar-refractivity contribution in [3.63, 3.8) is 0 Å². The zero-order valence-corrected chi connectivity index (χ0v) is 21.2. The average Bonchev–Trinajstić information content (AvgIpc) is 2.81. The molecule has 0 aromatic rings. The normalized spacial score (nSPS) is 35.9. The highest BCUT2D eigenvalue weighted by Gasteiger charge is 2.27. The van der Waals surface area contributed by atoms with E-state index >= 15 is 0 Å². The second kappa shape index (κ2) is 17.0. The molecular formula is C29H42O5. The molecule has 0 saturated heterocycles.